The summed E-state index contributed by atoms with van der Waals surface area (Å²) in [4.78, 5) is 27.4. The molecule has 2 aliphatic rings. The zero-order chi connectivity index (χ0) is 17.9. The Hall–Kier alpha value is -1.14. The van der Waals surface area contributed by atoms with Crippen LogP contribution in [-0.4, -0.2) is 72.7 Å². The van der Waals surface area contributed by atoms with Gasteiger partial charge in [0, 0.05) is 25.6 Å². The van der Waals surface area contributed by atoms with E-state index in [-0.39, 0.29) is 29.9 Å². The Bertz CT molecular complexity index is 466. The molecule has 1 amide bonds. The van der Waals surface area contributed by atoms with E-state index in [1.54, 1.807) is 11.9 Å². The molecule has 2 fully saturated rings. The number of hydrogen-bond acceptors (Lipinski definition) is 4. The molecule has 24 heavy (non-hydrogen) atoms. The Morgan fingerprint density at radius 2 is 2.04 bits per heavy atom. The third-order valence-corrected chi connectivity index (χ3v) is 5.11. The number of ether oxygens (including phenoxy) is 1. The van der Waals surface area contributed by atoms with Crippen LogP contribution in [0.1, 0.15) is 40.0 Å². The van der Waals surface area contributed by atoms with Gasteiger partial charge in [-0.05, 0) is 37.6 Å². The van der Waals surface area contributed by atoms with Gasteiger partial charge in [-0.3, -0.25) is 14.5 Å². The van der Waals surface area contributed by atoms with Gasteiger partial charge in [-0.25, -0.2) is 0 Å². The Morgan fingerprint density at radius 3 is 2.67 bits per heavy atom. The Kier molecular flexibility index (Phi) is 6.26. The highest BCUT2D eigenvalue weighted by atomic mass is 16.5. The summed E-state index contributed by atoms with van der Waals surface area (Å²) in [6, 6.07) is 0. The maximum absolute atomic E-state index is 13.0. The highest BCUT2D eigenvalue weighted by Gasteiger charge is 2.38. The maximum Gasteiger partial charge on any atom is 0.317 e. The second-order valence-electron chi connectivity index (χ2n) is 8.48. The molecule has 6 heteroatoms. The monoisotopic (exact) mass is 340 g/mol. The molecule has 0 aromatic heterocycles. The van der Waals surface area contributed by atoms with E-state index in [0.717, 1.165) is 12.8 Å². The van der Waals surface area contributed by atoms with E-state index < -0.39 is 5.97 Å². The molecular formula is C18H32N2O4. The van der Waals surface area contributed by atoms with Gasteiger partial charge in [0.15, 0.2) is 0 Å². The summed E-state index contributed by atoms with van der Waals surface area (Å²) in [5.74, 6) is 0.101. The molecular weight excluding hydrogens is 308 g/mol. The van der Waals surface area contributed by atoms with E-state index in [9.17, 15) is 9.59 Å². The summed E-state index contributed by atoms with van der Waals surface area (Å²) in [5.41, 5.74) is 0.228. The molecule has 138 valence electrons. The largest absolute Gasteiger partial charge is 0.480 e. The van der Waals surface area contributed by atoms with E-state index in [2.05, 4.69) is 20.8 Å². The summed E-state index contributed by atoms with van der Waals surface area (Å²) in [6.07, 6.45) is 3.00. The second-order valence-corrected chi connectivity index (χ2v) is 8.48. The highest BCUT2D eigenvalue weighted by Crippen LogP contribution is 2.42. The van der Waals surface area contributed by atoms with Crippen molar-refractivity contribution in [2.75, 3.05) is 39.8 Å². The number of morpholine rings is 1. The van der Waals surface area contributed by atoms with Gasteiger partial charge in [-0.2, -0.15) is 0 Å². The highest BCUT2D eigenvalue weighted by molar-refractivity contribution is 5.79. The first kappa shape index (κ1) is 19.2. The van der Waals surface area contributed by atoms with E-state index in [1.807, 2.05) is 4.90 Å². The second kappa shape index (κ2) is 7.83. The fraction of sp³-hybridized carbons (Fsp3) is 0.889. The molecule has 0 spiro atoms. The molecule has 3 atom stereocenters. The van der Waals surface area contributed by atoms with E-state index >= 15 is 0 Å². The van der Waals surface area contributed by atoms with Crippen LogP contribution in [0, 0.1) is 17.3 Å². The van der Waals surface area contributed by atoms with Crippen LogP contribution in [0.5, 0.6) is 0 Å². The van der Waals surface area contributed by atoms with Crippen LogP contribution in [0.2, 0.25) is 0 Å². The Balaban J connectivity index is 1.91. The zero-order valence-corrected chi connectivity index (χ0v) is 15.5. The third-order valence-electron chi connectivity index (χ3n) is 5.11. The first-order valence-corrected chi connectivity index (χ1v) is 8.97. The minimum atomic E-state index is -0.848. The van der Waals surface area contributed by atoms with Gasteiger partial charge in [0.1, 0.15) is 0 Å². The number of amides is 1. The van der Waals surface area contributed by atoms with Gasteiger partial charge in [-0.1, -0.05) is 20.8 Å². The molecule has 1 N–H and O–H groups in total. The average molecular weight is 340 g/mol. The van der Waals surface area contributed by atoms with Crippen molar-refractivity contribution < 1.29 is 19.4 Å². The van der Waals surface area contributed by atoms with Crippen LogP contribution in [0.25, 0.3) is 0 Å². The van der Waals surface area contributed by atoms with Crippen LogP contribution in [-0.2, 0) is 14.3 Å². The summed E-state index contributed by atoms with van der Waals surface area (Å²) < 4.78 is 5.73. The molecule has 0 aromatic carbocycles. The molecule has 3 unspecified atom stereocenters. The number of likely N-dealkylation sites (N-methyl/N-ethyl adjacent to an activating group) is 1. The fourth-order valence-corrected chi connectivity index (χ4v) is 4.47. The lowest BCUT2D eigenvalue weighted by Gasteiger charge is -2.42. The lowest BCUT2D eigenvalue weighted by atomic mass is 9.67. The van der Waals surface area contributed by atoms with Crippen molar-refractivity contribution in [2.45, 2.75) is 46.1 Å². The van der Waals surface area contributed by atoms with E-state index in [0.29, 0.717) is 32.2 Å². The van der Waals surface area contributed by atoms with Crippen molar-refractivity contribution in [2.24, 2.45) is 17.3 Å². The average Bonchev–Trinajstić information content (AvgIpc) is 2.43. The number of carbonyl (C=O) groups is 2. The van der Waals surface area contributed by atoms with Crippen molar-refractivity contribution in [3.8, 4) is 0 Å². The standard InChI is InChI=1S/C18H32N2O4/c1-13-7-14(9-18(2,3)8-13)17(23)20-5-6-24-15(11-20)10-19(4)12-16(21)22/h13-15H,5-12H2,1-4H3,(H,21,22). The number of nitrogens with zero attached hydrogens (tertiary/aromatic N) is 2. The van der Waals surface area contributed by atoms with Crippen LogP contribution in [0.4, 0.5) is 0 Å². The van der Waals surface area contributed by atoms with Gasteiger partial charge in [-0.15, -0.1) is 0 Å². The maximum atomic E-state index is 13.0. The predicted molar refractivity (Wildman–Crippen MR) is 91.7 cm³/mol. The minimum Gasteiger partial charge on any atom is -0.480 e. The van der Waals surface area contributed by atoms with Crippen molar-refractivity contribution in [1.82, 2.24) is 9.80 Å². The van der Waals surface area contributed by atoms with Crippen LogP contribution >= 0.6 is 0 Å². The van der Waals surface area contributed by atoms with Crippen molar-refractivity contribution in [1.29, 1.82) is 0 Å². The smallest absolute Gasteiger partial charge is 0.317 e. The van der Waals surface area contributed by atoms with Gasteiger partial charge < -0.3 is 14.7 Å². The molecule has 1 aliphatic carbocycles. The molecule has 2 rings (SSSR count). The Labute approximate surface area is 145 Å². The summed E-state index contributed by atoms with van der Waals surface area (Å²) in [7, 11) is 1.77. The van der Waals surface area contributed by atoms with Gasteiger partial charge in [0.2, 0.25) is 5.91 Å². The van der Waals surface area contributed by atoms with Crippen molar-refractivity contribution in [3.05, 3.63) is 0 Å². The van der Waals surface area contributed by atoms with E-state index in [1.165, 1.54) is 6.42 Å². The first-order chi connectivity index (χ1) is 11.2. The lowest BCUT2D eigenvalue weighted by molar-refractivity contribution is -0.147. The molecule has 1 saturated carbocycles. The number of hydrogen-bond donors (Lipinski definition) is 1. The summed E-state index contributed by atoms with van der Waals surface area (Å²) in [5, 5.41) is 8.85. The Morgan fingerprint density at radius 1 is 1.33 bits per heavy atom. The quantitative estimate of drug-likeness (QED) is 0.825. The molecule has 6 nitrogen and oxygen atoms in total. The van der Waals surface area contributed by atoms with Gasteiger partial charge in [0.25, 0.3) is 0 Å². The van der Waals surface area contributed by atoms with Crippen molar-refractivity contribution >= 4 is 11.9 Å². The van der Waals surface area contributed by atoms with Crippen LogP contribution in [0.15, 0.2) is 0 Å². The first-order valence-electron chi connectivity index (χ1n) is 8.97. The summed E-state index contributed by atoms with van der Waals surface area (Å²) in [6.45, 7) is 9.01. The van der Waals surface area contributed by atoms with E-state index in [4.69, 9.17) is 9.84 Å². The molecule has 1 saturated heterocycles. The molecule has 0 aromatic rings. The molecule has 0 radical (unpaired) electrons. The van der Waals surface area contributed by atoms with Gasteiger partial charge in [0.05, 0.1) is 19.3 Å². The van der Waals surface area contributed by atoms with Crippen LogP contribution < -0.4 is 0 Å². The normalized spacial score (nSPS) is 30.4. The van der Waals surface area contributed by atoms with Crippen LogP contribution in [0.3, 0.4) is 0 Å². The predicted octanol–water partition coefficient (Wildman–Crippen LogP) is 1.69. The van der Waals surface area contributed by atoms with Crippen molar-refractivity contribution in [3.63, 3.8) is 0 Å². The number of carbonyl (C=O) groups excluding carboxylic acids is 1. The minimum absolute atomic E-state index is 0.0118. The lowest BCUT2D eigenvalue weighted by Crippen LogP contribution is -2.52. The van der Waals surface area contributed by atoms with Gasteiger partial charge >= 0.3 is 5.97 Å². The third kappa shape index (κ3) is 5.45. The molecule has 1 heterocycles. The fourth-order valence-electron chi connectivity index (χ4n) is 4.47. The molecule has 1 aliphatic heterocycles. The zero-order valence-electron chi connectivity index (χ0n) is 15.5. The topological polar surface area (TPSA) is 70.1 Å². The number of carboxylic acid groups (broad SMARTS) is 1. The molecule has 0 bridgehead atoms. The SMILES string of the molecule is CC1CC(C(=O)N2CCOC(CN(C)CC(=O)O)C2)CC(C)(C)C1. The number of carboxylic acids is 1. The number of rotatable bonds is 5. The summed E-state index contributed by atoms with van der Waals surface area (Å²) >= 11 is 0. The number of aliphatic carboxylic acids is 1.